The number of primary amides is 3. The van der Waals surface area contributed by atoms with Gasteiger partial charge < -0.3 is 89.5 Å². The number of alkyl carbamates (subject to hydrolysis) is 3. The van der Waals surface area contributed by atoms with Gasteiger partial charge in [-0.1, -0.05) is 103 Å². The van der Waals surface area contributed by atoms with Crippen molar-refractivity contribution in [3.05, 3.63) is 138 Å². The lowest BCUT2D eigenvalue weighted by Gasteiger charge is -2.18. The van der Waals surface area contributed by atoms with E-state index in [1.54, 1.807) is 97.1 Å². The highest BCUT2D eigenvalue weighted by molar-refractivity contribution is 5.94. The highest BCUT2D eigenvalue weighted by Gasteiger charge is 2.28. The average molecular weight is 1340 g/mol. The topological polar surface area (TPSA) is 524 Å². The van der Waals surface area contributed by atoms with Crippen LogP contribution in [-0.2, 0) is 93.2 Å². The molecular formula is C65H82N10O21. The van der Waals surface area contributed by atoms with Gasteiger partial charge in [0, 0.05) is 82.9 Å². The second-order valence-corrected chi connectivity index (χ2v) is 21.1. The molecule has 0 saturated carbocycles. The summed E-state index contributed by atoms with van der Waals surface area (Å²) in [4.78, 5) is 166. The van der Waals surface area contributed by atoms with E-state index >= 15 is 0 Å². The van der Waals surface area contributed by atoms with Gasteiger partial charge in [0.1, 0.15) is 31.9 Å². The minimum Gasteiger partial charge on any atom is -0.480 e. The largest absolute Gasteiger partial charge is 0.480 e. The molecule has 4 aromatic carbocycles. The summed E-state index contributed by atoms with van der Waals surface area (Å²) in [5.74, 6) is -5.65. The smallest absolute Gasteiger partial charge is 0.408 e. The van der Waals surface area contributed by atoms with E-state index in [4.69, 9.17) is 53.8 Å². The van der Waals surface area contributed by atoms with Crippen molar-refractivity contribution in [1.29, 1.82) is 0 Å². The molecule has 0 bridgehead atoms. The van der Waals surface area contributed by atoms with E-state index in [2.05, 4.69) is 37.8 Å². The van der Waals surface area contributed by atoms with Crippen molar-refractivity contribution in [2.75, 3.05) is 18.9 Å². The maximum absolute atomic E-state index is 12.7. The number of aliphatic carboxylic acids is 2. The fourth-order valence-electron chi connectivity index (χ4n) is 8.08. The van der Waals surface area contributed by atoms with Crippen LogP contribution in [0.3, 0.4) is 0 Å². The van der Waals surface area contributed by atoms with Gasteiger partial charge in [0.25, 0.3) is 0 Å². The van der Waals surface area contributed by atoms with Gasteiger partial charge in [-0.3, -0.25) is 43.2 Å². The fourth-order valence-corrected chi connectivity index (χ4v) is 8.08. The van der Waals surface area contributed by atoms with E-state index in [1.165, 1.54) is 0 Å². The number of hydrogen-bond acceptors (Lipinski definition) is 20. The third kappa shape index (κ3) is 37.3. The predicted molar refractivity (Wildman–Crippen MR) is 342 cm³/mol. The van der Waals surface area contributed by atoms with Crippen LogP contribution in [-0.4, -0.2) is 153 Å². The Morgan fingerprint density at radius 1 is 0.427 bits per heavy atom. The molecule has 518 valence electrons. The first-order valence-corrected chi connectivity index (χ1v) is 29.9. The Balaban J connectivity index is 0.000000494. The van der Waals surface area contributed by atoms with Crippen molar-refractivity contribution < 1.29 is 102 Å². The molecule has 0 aromatic heterocycles. The number of ether oxygens (including phenoxy) is 3. The van der Waals surface area contributed by atoms with Gasteiger partial charge in [0.15, 0.2) is 17.3 Å². The second kappa shape index (κ2) is 45.9. The van der Waals surface area contributed by atoms with Crippen LogP contribution < -0.4 is 54.8 Å². The zero-order chi connectivity index (χ0) is 71.4. The quantitative estimate of drug-likeness (QED) is 0.0169. The highest BCUT2D eigenvalue weighted by atomic mass is 16.6. The molecule has 0 aliphatic carbocycles. The van der Waals surface area contributed by atoms with Gasteiger partial charge in [-0.15, -0.1) is 12.3 Å². The first kappa shape index (κ1) is 80.8. The number of terminal acetylenes is 1. The number of rotatable bonds is 40. The number of anilines is 1. The molecule has 4 rings (SSSR count). The standard InChI is InChI=1S/C25H30N4O7.C21H25N3O7.C19H27N3O7/c26-18-8-6-16(7-9-18)14-20(24(33)34)28-23(32)13-11-21(30)19(10-12-22(27)31)29-25(35)36-15-17-4-2-1-3-5-17;1-2-6-16(20(28)29)23-19(27)12-10-17(25)15(9-11-18(22)26)24-21(30)31-13-14-7-4-3-5-8-14;20-17(26)8-6-15(16(25)7-9-18(27)21-10-14(24)11-23)22-19(28)29-12-13-4-2-1-3-5-13/h1-9,19-20H,10-15,26H2,(H2,27,31)(H,28,32)(H,29,35)(H,33,34);1,3-5,7-8,15-16H,6,9-13H2,(H2,22,26)(H,23,27)(H,24,30)(H,28,29);1-5,14-15,23-24H,6-12H2,(H2,20,26)(H,21,27)(H,22,28)/t19-,20?;15-,16?;14?,15-/m000/s1. The van der Waals surface area contributed by atoms with Crippen molar-refractivity contribution in [2.24, 2.45) is 17.2 Å². The first-order chi connectivity index (χ1) is 45.7. The molecule has 0 heterocycles. The Morgan fingerprint density at radius 3 is 1.07 bits per heavy atom. The first-order valence-electron chi connectivity index (χ1n) is 29.9. The van der Waals surface area contributed by atoms with Crippen molar-refractivity contribution in [3.8, 4) is 12.3 Å². The van der Waals surface area contributed by atoms with Gasteiger partial charge in [-0.25, -0.2) is 24.0 Å². The van der Waals surface area contributed by atoms with Crippen molar-refractivity contribution in [2.45, 2.75) is 146 Å². The summed E-state index contributed by atoms with van der Waals surface area (Å²) in [5, 5.41) is 50.5. The zero-order valence-electron chi connectivity index (χ0n) is 52.5. The van der Waals surface area contributed by atoms with E-state index in [0.29, 0.717) is 11.3 Å². The Hall–Kier alpha value is -11.3. The second-order valence-electron chi connectivity index (χ2n) is 21.1. The molecule has 31 nitrogen and oxygen atoms in total. The number of nitrogens with two attached hydrogens (primary N) is 4. The molecule has 6 atom stereocenters. The number of ketones is 3. The van der Waals surface area contributed by atoms with Crippen LogP contribution in [0.25, 0.3) is 0 Å². The molecule has 0 saturated heterocycles. The molecule has 4 aromatic rings. The number of nitrogens with one attached hydrogen (secondary N) is 6. The lowest BCUT2D eigenvalue weighted by molar-refractivity contribution is -0.142. The summed E-state index contributed by atoms with van der Waals surface area (Å²) < 4.78 is 15.2. The van der Waals surface area contributed by atoms with Crippen LogP contribution in [0.4, 0.5) is 20.1 Å². The van der Waals surface area contributed by atoms with Crippen LogP contribution in [0.5, 0.6) is 0 Å². The van der Waals surface area contributed by atoms with Crippen LogP contribution in [0.1, 0.15) is 106 Å². The number of hydrogen-bond donors (Lipinski definition) is 14. The van der Waals surface area contributed by atoms with E-state index < -0.39 is 126 Å². The monoisotopic (exact) mass is 1340 g/mol. The third-order valence-electron chi connectivity index (χ3n) is 13.3. The molecule has 31 heteroatoms. The SMILES string of the molecule is C#CCC(NC(=O)CCC(=O)[C@H](CCC(N)=O)NC(=O)OCc1ccccc1)C(=O)O.NC(=O)CC[C@H](NC(=O)OCc1ccccc1)C(=O)CCC(=O)NC(Cc1ccc(N)cc1)C(=O)O.NC(=O)CC[C@H](NC(=O)OCc1ccccc1)C(=O)CCC(=O)NCC(O)CO. The maximum atomic E-state index is 12.7. The number of amides is 9. The number of carboxylic acids is 2. The third-order valence-corrected chi connectivity index (χ3v) is 13.3. The Bertz CT molecular complexity index is 3240. The van der Waals surface area contributed by atoms with Gasteiger partial charge in [-0.2, -0.15) is 0 Å². The molecule has 0 spiro atoms. The number of carbonyl (C=O) groups is 14. The Kier molecular flexibility index (Phi) is 38.7. The van der Waals surface area contributed by atoms with Crippen molar-refractivity contribution in [3.63, 3.8) is 0 Å². The van der Waals surface area contributed by atoms with Gasteiger partial charge in [-0.05, 0) is 53.6 Å². The summed E-state index contributed by atoms with van der Waals surface area (Å²) in [6.07, 6.45) is -0.910. The normalized spacial score (nSPS) is 12.2. The van der Waals surface area contributed by atoms with E-state index in [9.17, 15) is 77.3 Å². The molecule has 9 amide bonds. The van der Waals surface area contributed by atoms with Gasteiger partial charge in [0.05, 0.1) is 30.8 Å². The van der Waals surface area contributed by atoms with E-state index in [0.717, 1.165) is 16.7 Å². The lowest BCUT2D eigenvalue weighted by Crippen LogP contribution is -2.44. The summed E-state index contributed by atoms with van der Waals surface area (Å²) in [6.45, 7) is -0.658. The molecule has 3 unspecified atom stereocenters. The van der Waals surface area contributed by atoms with Gasteiger partial charge in [0.2, 0.25) is 35.4 Å². The number of carboxylic acid groups (broad SMARTS) is 2. The molecule has 0 radical (unpaired) electrons. The lowest BCUT2D eigenvalue weighted by atomic mass is 10.0. The minimum absolute atomic E-state index is 0.0129. The number of benzene rings is 4. The molecule has 18 N–H and O–H groups in total. The predicted octanol–water partition coefficient (Wildman–Crippen LogP) is 1.15. The van der Waals surface area contributed by atoms with Crippen LogP contribution in [0.15, 0.2) is 115 Å². The molecule has 0 fully saturated rings. The number of aliphatic hydroxyl groups is 2. The maximum Gasteiger partial charge on any atom is 0.408 e. The zero-order valence-corrected chi connectivity index (χ0v) is 52.5. The summed E-state index contributed by atoms with van der Waals surface area (Å²) in [6, 6.07) is 27.6. The number of nitrogen functional groups attached to an aromatic ring is 1. The van der Waals surface area contributed by atoms with E-state index in [-0.39, 0.29) is 116 Å². The van der Waals surface area contributed by atoms with E-state index in [1.807, 2.05) is 18.2 Å². The molecule has 96 heavy (non-hydrogen) atoms. The Morgan fingerprint density at radius 2 is 0.760 bits per heavy atom. The van der Waals surface area contributed by atoms with Crippen molar-refractivity contribution >= 4 is 88.7 Å². The van der Waals surface area contributed by atoms with Gasteiger partial charge >= 0.3 is 30.2 Å². The average Bonchev–Trinajstić information content (AvgIpc) is 1.57. The number of Topliss-reactive ketones (excluding diaryl/α,β-unsaturated/α-hetero) is 3. The molecular weight excluding hydrogens is 1260 g/mol. The number of carbonyl (C=O) groups excluding carboxylic acids is 12. The summed E-state index contributed by atoms with van der Waals surface area (Å²) in [7, 11) is 0. The minimum atomic E-state index is -1.29. The van der Waals surface area contributed by atoms with Crippen LogP contribution >= 0.6 is 0 Å². The fraction of sp³-hybridized carbons (Fsp3) is 0.385. The summed E-state index contributed by atoms with van der Waals surface area (Å²) >= 11 is 0. The highest BCUT2D eigenvalue weighted by Crippen LogP contribution is 2.13. The van der Waals surface area contributed by atoms with Crippen molar-refractivity contribution in [1.82, 2.24) is 31.9 Å². The molecule has 0 aliphatic heterocycles. The molecule has 0 aliphatic rings. The van der Waals surface area contributed by atoms with Crippen LogP contribution in [0.2, 0.25) is 0 Å². The Labute approximate surface area is 552 Å². The number of aliphatic hydroxyl groups excluding tert-OH is 2. The van der Waals surface area contributed by atoms with Crippen LogP contribution in [0, 0.1) is 12.3 Å². The summed E-state index contributed by atoms with van der Waals surface area (Å²) in [5.41, 5.74) is 24.5.